The monoisotopic (exact) mass is 304 g/mol. The Morgan fingerprint density at radius 3 is 2.67 bits per heavy atom. The van der Waals surface area contributed by atoms with E-state index in [0.717, 1.165) is 35.5 Å². The number of nitrogens with zero attached hydrogens (tertiary/aromatic N) is 1. The van der Waals surface area contributed by atoms with Gasteiger partial charge in [0.2, 0.25) is 5.88 Å². The molecule has 0 aliphatic rings. The van der Waals surface area contributed by atoms with Crippen molar-refractivity contribution >= 4 is 11.6 Å². The number of rotatable bonds is 7. The van der Waals surface area contributed by atoms with Gasteiger partial charge >= 0.3 is 0 Å². The molecule has 0 amide bonds. The van der Waals surface area contributed by atoms with Crippen molar-refractivity contribution in [3.63, 3.8) is 0 Å². The van der Waals surface area contributed by atoms with Crippen LogP contribution < -0.4 is 10.1 Å². The Morgan fingerprint density at radius 2 is 2.05 bits per heavy atom. The number of hydrogen-bond donors (Lipinski definition) is 1. The number of ether oxygens (including phenoxy) is 1. The maximum atomic E-state index is 6.34. The first kappa shape index (κ1) is 15.8. The zero-order chi connectivity index (χ0) is 15.1. The highest BCUT2D eigenvalue weighted by molar-refractivity contribution is 6.31. The molecular weight excluding hydrogens is 284 g/mol. The van der Waals surface area contributed by atoms with Gasteiger partial charge in [-0.15, -0.1) is 0 Å². The van der Waals surface area contributed by atoms with Gasteiger partial charge in [-0.05, 0) is 36.6 Å². The number of nitrogens with one attached hydrogen (secondary N) is 1. The molecule has 0 saturated carbocycles. The van der Waals surface area contributed by atoms with Crippen LogP contribution in [0.5, 0.6) is 5.88 Å². The molecule has 2 rings (SSSR count). The maximum absolute atomic E-state index is 6.34. The highest BCUT2D eigenvalue weighted by Gasteiger charge is 2.14. The first-order valence-electron chi connectivity index (χ1n) is 7.21. The molecule has 0 fully saturated rings. The summed E-state index contributed by atoms with van der Waals surface area (Å²) < 4.78 is 5.09. The molecule has 2 aromatic rings. The first-order valence-corrected chi connectivity index (χ1v) is 7.59. The third-order valence-corrected chi connectivity index (χ3v) is 3.71. The van der Waals surface area contributed by atoms with Gasteiger partial charge in [-0.1, -0.05) is 42.8 Å². The highest BCUT2D eigenvalue weighted by Crippen LogP contribution is 2.25. The molecule has 112 valence electrons. The van der Waals surface area contributed by atoms with Crippen LogP contribution in [-0.4, -0.2) is 18.6 Å². The second-order valence-corrected chi connectivity index (χ2v) is 5.35. The van der Waals surface area contributed by atoms with E-state index < -0.39 is 0 Å². The van der Waals surface area contributed by atoms with Gasteiger partial charge in [0.15, 0.2) is 0 Å². The first-order chi connectivity index (χ1) is 10.2. The Bertz CT molecular complexity index is 557. The van der Waals surface area contributed by atoms with E-state index in [1.165, 1.54) is 0 Å². The van der Waals surface area contributed by atoms with Crippen LogP contribution in [-0.2, 0) is 6.42 Å². The Morgan fingerprint density at radius 1 is 1.24 bits per heavy atom. The molecule has 3 nitrogen and oxygen atoms in total. The van der Waals surface area contributed by atoms with Crippen LogP contribution in [0.3, 0.4) is 0 Å². The van der Waals surface area contributed by atoms with Crippen molar-refractivity contribution in [3.8, 4) is 5.88 Å². The molecule has 4 heteroatoms. The van der Waals surface area contributed by atoms with Gasteiger partial charge in [0.25, 0.3) is 0 Å². The van der Waals surface area contributed by atoms with Crippen molar-refractivity contribution < 1.29 is 4.74 Å². The number of pyridine rings is 1. The molecule has 1 heterocycles. The summed E-state index contributed by atoms with van der Waals surface area (Å²) in [7, 11) is 1.62. The number of hydrogen-bond acceptors (Lipinski definition) is 3. The van der Waals surface area contributed by atoms with E-state index in [0.29, 0.717) is 5.88 Å². The summed E-state index contributed by atoms with van der Waals surface area (Å²) in [5.74, 6) is 0.634. The number of methoxy groups -OCH3 is 1. The predicted molar refractivity (Wildman–Crippen MR) is 87.0 cm³/mol. The number of aromatic nitrogens is 1. The standard InChI is InChI=1S/C17H21ClN2O/c1-3-10-19-16(14-6-4-5-7-15(14)18)11-13-8-9-17(21-2)20-12-13/h4-9,12,16,19H,3,10-11H2,1-2H3. The van der Waals surface area contributed by atoms with Gasteiger partial charge in [0.05, 0.1) is 7.11 Å². The molecule has 1 N–H and O–H groups in total. The summed E-state index contributed by atoms with van der Waals surface area (Å²) in [5.41, 5.74) is 2.28. The highest BCUT2D eigenvalue weighted by atomic mass is 35.5. The average molecular weight is 305 g/mol. The summed E-state index contributed by atoms with van der Waals surface area (Å²) in [6.07, 6.45) is 3.79. The lowest BCUT2D eigenvalue weighted by molar-refractivity contribution is 0.397. The molecule has 0 saturated heterocycles. The van der Waals surface area contributed by atoms with Crippen molar-refractivity contribution in [2.45, 2.75) is 25.8 Å². The molecule has 0 aliphatic heterocycles. The van der Waals surface area contributed by atoms with Crippen molar-refractivity contribution in [1.82, 2.24) is 10.3 Å². The molecule has 21 heavy (non-hydrogen) atoms. The average Bonchev–Trinajstić information content (AvgIpc) is 2.53. The van der Waals surface area contributed by atoms with E-state index in [1.807, 2.05) is 36.5 Å². The van der Waals surface area contributed by atoms with Gasteiger partial charge in [-0.2, -0.15) is 0 Å². The summed E-state index contributed by atoms with van der Waals surface area (Å²) in [6.45, 7) is 3.12. The molecule has 1 atom stereocenters. The van der Waals surface area contributed by atoms with Gasteiger partial charge in [0.1, 0.15) is 0 Å². The van der Waals surface area contributed by atoms with Gasteiger partial charge < -0.3 is 10.1 Å². The minimum Gasteiger partial charge on any atom is -0.481 e. The third-order valence-electron chi connectivity index (χ3n) is 3.37. The molecule has 1 aromatic carbocycles. The van der Waals surface area contributed by atoms with Crippen LogP contribution in [0.15, 0.2) is 42.6 Å². The largest absolute Gasteiger partial charge is 0.481 e. The van der Waals surface area contributed by atoms with Crippen LogP contribution >= 0.6 is 11.6 Å². The van der Waals surface area contributed by atoms with Gasteiger partial charge in [-0.25, -0.2) is 4.98 Å². The maximum Gasteiger partial charge on any atom is 0.212 e. The molecule has 1 unspecified atom stereocenters. The van der Waals surface area contributed by atoms with Crippen LogP contribution in [0, 0.1) is 0 Å². The van der Waals surface area contributed by atoms with Gasteiger partial charge in [-0.3, -0.25) is 0 Å². The minimum absolute atomic E-state index is 0.189. The molecule has 1 aromatic heterocycles. The van der Waals surface area contributed by atoms with E-state index in [-0.39, 0.29) is 6.04 Å². The molecule has 0 spiro atoms. The van der Waals surface area contributed by atoms with Crippen molar-refractivity contribution in [3.05, 3.63) is 58.7 Å². The summed E-state index contributed by atoms with van der Waals surface area (Å²) in [4.78, 5) is 4.26. The lowest BCUT2D eigenvalue weighted by Gasteiger charge is -2.20. The van der Waals surface area contributed by atoms with Crippen LogP contribution in [0.2, 0.25) is 5.02 Å². The summed E-state index contributed by atoms with van der Waals surface area (Å²) in [6, 6.07) is 12.1. The fourth-order valence-corrected chi connectivity index (χ4v) is 2.52. The second kappa shape index (κ2) is 8.01. The normalized spacial score (nSPS) is 12.1. The summed E-state index contributed by atoms with van der Waals surface area (Å²) >= 11 is 6.34. The fourth-order valence-electron chi connectivity index (χ4n) is 2.26. The zero-order valence-electron chi connectivity index (χ0n) is 12.5. The second-order valence-electron chi connectivity index (χ2n) is 4.94. The van der Waals surface area contributed by atoms with Crippen LogP contribution in [0.4, 0.5) is 0 Å². The Labute approximate surface area is 131 Å². The lowest BCUT2D eigenvalue weighted by atomic mass is 9.99. The van der Waals surface area contributed by atoms with E-state index in [9.17, 15) is 0 Å². The van der Waals surface area contributed by atoms with Gasteiger partial charge in [0, 0.05) is 23.3 Å². The fraction of sp³-hybridized carbons (Fsp3) is 0.353. The third kappa shape index (κ3) is 4.45. The Kier molecular flexibility index (Phi) is 6.03. The number of halogens is 1. The van der Waals surface area contributed by atoms with E-state index in [4.69, 9.17) is 16.3 Å². The quantitative estimate of drug-likeness (QED) is 0.838. The number of benzene rings is 1. The van der Waals surface area contributed by atoms with Crippen molar-refractivity contribution in [2.24, 2.45) is 0 Å². The van der Waals surface area contributed by atoms with E-state index in [2.05, 4.69) is 23.3 Å². The Balaban J connectivity index is 2.17. The molecule has 0 bridgehead atoms. The molecular formula is C17H21ClN2O. The Hall–Kier alpha value is -1.58. The van der Waals surface area contributed by atoms with Crippen molar-refractivity contribution in [2.75, 3.05) is 13.7 Å². The smallest absolute Gasteiger partial charge is 0.212 e. The zero-order valence-corrected chi connectivity index (χ0v) is 13.2. The van der Waals surface area contributed by atoms with Crippen LogP contribution in [0.1, 0.15) is 30.5 Å². The summed E-state index contributed by atoms with van der Waals surface area (Å²) in [5, 5.41) is 4.36. The topological polar surface area (TPSA) is 34.1 Å². The van der Waals surface area contributed by atoms with E-state index in [1.54, 1.807) is 7.11 Å². The molecule has 0 aliphatic carbocycles. The molecule has 0 radical (unpaired) electrons. The van der Waals surface area contributed by atoms with Crippen LogP contribution in [0.25, 0.3) is 0 Å². The minimum atomic E-state index is 0.189. The predicted octanol–water partition coefficient (Wildman–Crippen LogP) is 4.03. The van der Waals surface area contributed by atoms with Crippen molar-refractivity contribution in [1.29, 1.82) is 0 Å². The SMILES string of the molecule is CCCNC(Cc1ccc(OC)nc1)c1ccccc1Cl. The van der Waals surface area contributed by atoms with E-state index >= 15 is 0 Å². The lowest BCUT2D eigenvalue weighted by Crippen LogP contribution is -2.24.